The average molecular weight is 337 g/mol. The van der Waals surface area contributed by atoms with Gasteiger partial charge in [0.2, 0.25) is 0 Å². The van der Waals surface area contributed by atoms with Gasteiger partial charge in [0.15, 0.2) is 11.6 Å². The first-order valence-corrected chi connectivity index (χ1v) is 8.17. The summed E-state index contributed by atoms with van der Waals surface area (Å²) in [6, 6.07) is 9.42. The summed E-state index contributed by atoms with van der Waals surface area (Å²) in [5.74, 6) is -0.476. The Morgan fingerprint density at radius 2 is 2.24 bits per heavy atom. The number of aromatic nitrogens is 2. The molecular weight excluding hydrogens is 318 g/mol. The molecule has 1 aliphatic rings. The van der Waals surface area contributed by atoms with Crippen molar-refractivity contribution in [3.05, 3.63) is 48.0 Å². The van der Waals surface area contributed by atoms with Crippen molar-refractivity contribution in [2.24, 2.45) is 13.0 Å². The number of aryl methyl sites for hydroxylation is 1. The molecule has 6 heteroatoms. The molecule has 0 fully saturated rings. The smallest absolute Gasteiger partial charge is 0.309 e. The van der Waals surface area contributed by atoms with Gasteiger partial charge in [0.1, 0.15) is 18.2 Å². The van der Waals surface area contributed by atoms with E-state index in [4.69, 9.17) is 4.74 Å². The maximum atomic E-state index is 12.1. The van der Waals surface area contributed by atoms with Crippen molar-refractivity contribution in [3.63, 3.8) is 0 Å². The number of benzene rings is 1. The van der Waals surface area contributed by atoms with Gasteiger partial charge in [-0.25, -0.2) is 4.98 Å². The molecule has 0 unspecified atom stereocenters. The van der Waals surface area contributed by atoms with Crippen molar-refractivity contribution in [2.45, 2.75) is 19.3 Å². The SMILES string of the molecule is Cn1c(/C(C#N)=C(\O)COC(=O)[C@@H]2CC=CCC2)nc2ccccc21. The molecule has 3 rings (SSSR count). The minimum Gasteiger partial charge on any atom is -0.507 e. The second-order valence-corrected chi connectivity index (χ2v) is 6.01. The van der Waals surface area contributed by atoms with E-state index in [9.17, 15) is 15.2 Å². The molecule has 0 bridgehead atoms. The van der Waals surface area contributed by atoms with E-state index >= 15 is 0 Å². The Morgan fingerprint density at radius 1 is 1.44 bits per heavy atom. The molecule has 0 radical (unpaired) electrons. The highest BCUT2D eigenvalue weighted by atomic mass is 16.5. The number of nitrogens with zero attached hydrogens (tertiary/aromatic N) is 3. The Bertz CT molecular complexity index is 902. The number of imidazole rings is 1. The van der Waals surface area contributed by atoms with Gasteiger partial charge in [0.25, 0.3) is 0 Å². The van der Waals surface area contributed by atoms with E-state index in [0.717, 1.165) is 23.9 Å². The summed E-state index contributed by atoms with van der Waals surface area (Å²) in [5.41, 5.74) is 1.59. The van der Waals surface area contributed by atoms with E-state index in [-0.39, 0.29) is 29.8 Å². The highest BCUT2D eigenvalue weighted by molar-refractivity contribution is 5.84. The highest BCUT2D eigenvalue weighted by Gasteiger charge is 2.22. The van der Waals surface area contributed by atoms with Crippen LogP contribution in [0.4, 0.5) is 0 Å². The first-order chi connectivity index (χ1) is 12.1. The van der Waals surface area contributed by atoms with Crippen molar-refractivity contribution in [2.75, 3.05) is 6.61 Å². The first-order valence-electron chi connectivity index (χ1n) is 8.17. The second-order valence-electron chi connectivity index (χ2n) is 6.01. The van der Waals surface area contributed by atoms with E-state index in [1.165, 1.54) is 0 Å². The molecule has 0 amide bonds. The zero-order valence-electron chi connectivity index (χ0n) is 14.0. The Kier molecular flexibility index (Phi) is 4.85. The van der Waals surface area contributed by atoms with E-state index in [1.54, 1.807) is 11.6 Å². The summed E-state index contributed by atoms with van der Waals surface area (Å²) < 4.78 is 6.93. The Balaban J connectivity index is 1.80. The summed E-state index contributed by atoms with van der Waals surface area (Å²) in [6.45, 7) is -0.328. The summed E-state index contributed by atoms with van der Waals surface area (Å²) in [5, 5.41) is 19.7. The molecule has 128 valence electrons. The van der Waals surface area contributed by atoms with Crippen LogP contribution in [0.3, 0.4) is 0 Å². The van der Waals surface area contributed by atoms with Gasteiger partial charge >= 0.3 is 5.97 Å². The third kappa shape index (κ3) is 3.41. The molecule has 1 aliphatic carbocycles. The van der Waals surface area contributed by atoms with Crippen LogP contribution in [0.15, 0.2) is 42.2 Å². The van der Waals surface area contributed by atoms with Crippen LogP contribution >= 0.6 is 0 Å². The number of aliphatic hydroxyl groups is 1. The molecule has 1 aromatic heterocycles. The largest absolute Gasteiger partial charge is 0.507 e. The number of ether oxygens (including phenoxy) is 1. The predicted octanol–water partition coefficient (Wildman–Crippen LogP) is 3.27. The molecule has 0 saturated heterocycles. The lowest BCUT2D eigenvalue weighted by molar-refractivity contribution is -0.148. The van der Waals surface area contributed by atoms with E-state index < -0.39 is 0 Å². The van der Waals surface area contributed by atoms with Crippen molar-refractivity contribution in [3.8, 4) is 6.07 Å². The summed E-state index contributed by atoms with van der Waals surface area (Å²) in [6.07, 6.45) is 6.26. The first kappa shape index (κ1) is 16.8. The molecule has 2 aromatic rings. The van der Waals surface area contributed by atoms with Crippen LogP contribution in [0.1, 0.15) is 25.1 Å². The fourth-order valence-electron chi connectivity index (χ4n) is 2.95. The maximum Gasteiger partial charge on any atom is 0.309 e. The van der Waals surface area contributed by atoms with Gasteiger partial charge in [-0.2, -0.15) is 5.26 Å². The quantitative estimate of drug-likeness (QED) is 0.400. The van der Waals surface area contributed by atoms with Gasteiger partial charge in [-0.1, -0.05) is 24.3 Å². The molecule has 0 spiro atoms. The molecular formula is C19H19N3O3. The second kappa shape index (κ2) is 7.22. The van der Waals surface area contributed by atoms with E-state index in [0.29, 0.717) is 12.2 Å². The van der Waals surface area contributed by atoms with Crippen LogP contribution in [0.2, 0.25) is 0 Å². The summed E-state index contributed by atoms with van der Waals surface area (Å²) in [4.78, 5) is 16.5. The van der Waals surface area contributed by atoms with Crippen molar-refractivity contribution in [1.82, 2.24) is 9.55 Å². The number of rotatable bonds is 4. The zero-order valence-corrected chi connectivity index (χ0v) is 14.0. The van der Waals surface area contributed by atoms with Crippen LogP contribution in [0.5, 0.6) is 0 Å². The predicted molar refractivity (Wildman–Crippen MR) is 93.3 cm³/mol. The number of hydrogen-bond acceptors (Lipinski definition) is 5. The normalized spacial score (nSPS) is 17.8. The average Bonchev–Trinajstić information content (AvgIpc) is 2.98. The van der Waals surface area contributed by atoms with Gasteiger partial charge in [-0.05, 0) is 31.4 Å². The number of hydrogen-bond donors (Lipinski definition) is 1. The van der Waals surface area contributed by atoms with Gasteiger partial charge < -0.3 is 14.4 Å². The third-order valence-electron chi connectivity index (χ3n) is 4.36. The summed E-state index contributed by atoms with van der Waals surface area (Å²) in [7, 11) is 1.77. The molecule has 25 heavy (non-hydrogen) atoms. The minimum atomic E-state index is -0.349. The Morgan fingerprint density at radius 3 is 2.92 bits per heavy atom. The standard InChI is InChI=1S/C19H19N3O3/c1-22-16-10-6-5-9-15(16)21-18(22)14(11-20)17(23)12-25-19(24)13-7-3-2-4-8-13/h2-3,5-6,9-10,13,23H,4,7-8,12H2,1H3/b17-14-/t13-/m1/s1. The lowest BCUT2D eigenvalue weighted by atomic mass is 9.95. The third-order valence-corrected chi connectivity index (χ3v) is 4.36. The fraction of sp³-hybridized carbons (Fsp3) is 0.316. The van der Waals surface area contributed by atoms with Gasteiger partial charge in [-0.15, -0.1) is 0 Å². The number of para-hydroxylation sites is 2. The zero-order chi connectivity index (χ0) is 17.8. The Labute approximate surface area is 145 Å². The molecule has 0 saturated carbocycles. The van der Waals surface area contributed by atoms with E-state index in [2.05, 4.69) is 4.98 Å². The van der Waals surface area contributed by atoms with Crippen LogP contribution < -0.4 is 0 Å². The molecule has 6 nitrogen and oxygen atoms in total. The van der Waals surface area contributed by atoms with Crippen molar-refractivity contribution < 1.29 is 14.6 Å². The van der Waals surface area contributed by atoms with Gasteiger partial charge in [0.05, 0.1) is 17.0 Å². The molecule has 1 N–H and O–H groups in total. The molecule has 1 heterocycles. The minimum absolute atomic E-state index is 0.00930. The van der Waals surface area contributed by atoms with Crippen LogP contribution in [0, 0.1) is 17.2 Å². The van der Waals surface area contributed by atoms with Crippen LogP contribution in [-0.4, -0.2) is 27.2 Å². The number of esters is 1. The van der Waals surface area contributed by atoms with Gasteiger partial charge in [0, 0.05) is 7.05 Å². The lowest BCUT2D eigenvalue weighted by Gasteiger charge is -2.16. The lowest BCUT2D eigenvalue weighted by Crippen LogP contribution is -2.20. The van der Waals surface area contributed by atoms with Crippen molar-refractivity contribution in [1.29, 1.82) is 5.26 Å². The topological polar surface area (TPSA) is 88.1 Å². The van der Waals surface area contributed by atoms with Crippen LogP contribution in [0.25, 0.3) is 16.6 Å². The van der Waals surface area contributed by atoms with E-state index in [1.807, 2.05) is 42.5 Å². The monoisotopic (exact) mass is 337 g/mol. The number of aliphatic hydroxyl groups excluding tert-OH is 1. The van der Waals surface area contributed by atoms with Gasteiger partial charge in [-0.3, -0.25) is 4.79 Å². The number of allylic oxidation sites excluding steroid dienone is 3. The number of carbonyl (C=O) groups is 1. The molecule has 1 aromatic carbocycles. The highest BCUT2D eigenvalue weighted by Crippen LogP contribution is 2.23. The molecule has 0 aliphatic heterocycles. The molecule has 1 atom stereocenters. The fourth-order valence-corrected chi connectivity index (χ4v) is 2.95. The maximum absolute atomic E-state index is 12.1. The number of fused-ring (bicyclic) bond motifs is 1. The van der Waals surface area contributed by atoms with Crippen LogP contribution in [-0.2, 0) is 16.6 Å². The Hall–Kier alpha value is -3.07. The summed E-state index contributed by atoms with van der Waals surface area (Å²) >= 11 is 0. The number of carbonyl (C=O) groups excluding carboxylic acids is 1. The van der Waals surface area contributed by atoms with Crippen molar-refractivity contribution >= 4 is 22.6 Å². The number of nitriles is 1.